The van der Waals surface area contributed by atoms with Crippen molar-refractivity contribution in [2.75, 3.05) is 4.90 Å². The second kappa shape index (κ2) is 10.9. The van der Waals surface area contributed by atoms with Gasteiger partial charge in [-0.15, -0.1) is 0 Å². The van der Waals surface area contributed by atoms with Crippen LogP contribution in [0.3, 0.4) is 0 Å². The normalized spacial score (nSPS) is 11.7. The summed E-state index contributed by atoms with van der Waals surface area (Å²) < 4.78 is 4.15. The lowest BCUT2D eigenvalue weighted by Crippen LogP contribution is -2.09. The summed E-state index contributed by atoms with van der Waals surface area (Å²) in [5.74, 6) is 1.77. The first-order valence-electron chi connectivity index (χ1n) is 16.4. The fourth-order valence-electron chi connectivity index (χ4n) is 6.99. The first-order chi connectivity index (χ1) is 24.3. The predicted molar refractivity (Wildman–Crippen MR) is 201 cm³/mol. The summed E-state index contributed by atoms with van der Waals surface area (Å²) in [5, 5.41) is 6.73. The van der Waals surface area contributed by atoms with Crippen LogP contribution in [-0.2, 0) is 0 Å². The van der Waals surface area contributed by atoms with E-state index in [9.17, 15) is 0 Å². The van der Waals surface area contributed by atoms with Gasteiger partial charge in [-0.25, -0.2) is 0 Å². The fourth-order valence-corrected chi connectivity index (χ4v) is 6.99. The molecule has 6 heteroatoms. The Hall–Kier alpha value is -6.79. The molecule has 0 aliphatic rings. The van der Waals surface area contributed by atoms with Crippen LogP contribution >= 0.6 is 0 Å². The van der Waals surface area contributed by atoms with Gasteiger partial charge in [-0.3, -0.25) is 8.80 Å². The summed E-state index contributed by atoms with van der Waals surface area (Å²) in [4.78, 5) is 17.4. The van der Waals surface area contributed by atoms with Gasteiger partial charge in [-0.05, 0) is 82.2 Å². The maximum absolute atomic E-state index is 5.07. The van der Waals surface area contributed by atoms with Crippen molar-refractivity contribution in [2.24, 2.45) is 0 Å². The highest BCUT2D eigenvalue weighted by molar-refractivity contribution is 6.10. The Morgan fingerprint density at radius 3 is 1.47 bits per heavy atom. The predicted octanol–water partition coefficient (Wildman–Crippen LogP) is 10.7. The lowest BCUT2D eigenvalue weighted by atomic mass is 10.0. The standard InChI is InChI=1S/C43H28N6/c1-4-10-31(11-5-1)41-44-42-46-43(45-41)48-25-23-30-17-19-33(27-40(30)48)38-28-36(49(34-12-6-2-7-13-34)35-14-8-3-9-15-35)20-21-37(38)32-18-16-29-22-24-47(42)39(29)26-32/h1-28H. The van der Waals surface area contributed by atoms with Crippen molar-refractivity contribution >= 4 is 72.0 Å². The zero-order valence-corrected chi connectivity index (χ0v) is 26.3. The van der Waals surface area contributed by atoms with E-state index < -0.39 is 0 Å². The van der Waals surface area contributed by atoms with Crippen molar-refractivity contribution in [3.05, 3.63) is 170 Å². The van der Waals surface area contributed by atoms with Crippen molar-refractivity contribution in [1.82, 2.24) is 23.8 Å². The molecule has 10 rings (SSSR count). The summed E-state index contributed by atoms with van der Waals surface area (Å²) in [7, 11) is 0. The average molecular weight is 629 g/mol. The molecule has 6 aromatic carbocycles. The van der Waals surface area contributed by atoms with Gasteiger partial charge in [0, 0.05) is 45.8 Å². The quantitative estimate of drug-likeness (QED) is 0.195. The smallest absolute Gasteiger partial charge is 0.239 e. The molecule has 0 unspecified atom stereocenters. The lowest BCUT2D eigenvalue weighted by molar-refractivity contribution is 1.04. The molecule has 0 fully saturated rings. The van der Waals surface area contributed by atoms with Gasteiger partial charge in [0.2, 0.25) is 11.6 Å². The number of benzene rings is 6. The Morgan fingerprint density at radius 1 is 0.388 bits per heavy atom. The van der Waals surface area contributed by atoms with Crippen LogP contribution in [0.1, 0.15) is 0 Å². The van der Waals surface area contributed by atoms with Crippen molar-refractivity contribution in [3.8, 4) is 11.4 Å². The maximum Gasteiger partial charge on any atom is 0.239 e. The zero-order chi connectivity index (χ0) is 32.3. The van der Waals surface area contributed by atoms with Crippen LogP contribution in [0.2, 0.25) is 0 Å². The molecule has 49 heavy (non-hydrogen) atoms. The van der Waals surface area contributed by atoms with E-state index in [4.69, 9.17) is 15.0 Å². The minimum atomic E-state index is 0.571. The largest absolute Gasteiger partial charge is 0.310 e. The van der Waals surface area contributed by atoms with Crippen LogP contribution in [0.25, 0.3) is 66.3 Å². The molecule has 4 aromatic heterocycles. The number of nitrogens with zero attached hydrogens (tertiary/aromatic N) is 6. The van der Waals surface area contributed by atoms with Gasteiger partial charge in [0.1, 0.15) is 0 Å². The molecule has 10 aromatic rings. The zero-order valence-electron chi connectivity index (χ0n) is 26.3. The number of hydrogen-bond acceptors (Lipinski definition) is 4. The summed E-state index contributed by atoms with van der Waals surface area (Å²) in [6.45, 7) is 0. The van der Waals surface area contributed by atoms with Crippen LogP contribution in [0.5, 0.6) is 0 Å². The summed E-state index contributed by atoms with van der Waals surface area (Å²) in [6.07, 6.45) is 4.10. The fraction of sp³-hybridized carbons (Fsp3) is 0. The van der Waals surface area contributed by atoms with Gasteiger partial charge in [-0.1, -0.05) is 97.1 Å². The molecule has 0 amide bonds. The van der Waals surface area contributed by atoms with Crippen LogP contribution in [0.4, 0.5) is 17.1 Å². The van der Waals surface area contributed by atoms with Gasteiger partial charge >= 0.3 is 0 Å². The molecule has 4 heterocycles. The Morgan fingerprint density at radius 2 is 0.898 bits per heavy atom. The lowest BCUT2D eigenvalue weighted by Gasteiger charge is -2.25. The van der Waals surface area contributed by atoms with Gasteiger partial charge < -0.3 is 4.90 Å². The van der Waals surface area contributed by atoms with Crippen molar-refractivity contribution < 1.29 is 0 Å². The van der Waals surface area contributed by atoms with E-state index in [1.807, 2.05) is 30.3 Å². The number of hydrogen-bond donors (Lipinski definition) is 0. The van der Waals surface area contributed by atoms with Crippen molar-refractivity contribution in [3.63, 3.8) is 0 Å². The Balaban J connectivity index is 1.36. The topological polar surface area (TPSA) is 50.7 Å². The maximum atomic E-state index is 5.07. The summed E-state index contributed by atoms with van der Waals surface area (Å²) >= 11 is 0. The van der Waals surface area contributed by atoms with Crippen LogP contribution < -0.4 is 4.90 Å². The molecule has 0 atom stereocenters. The van der Waals surface area contributed by atoms with E-state index in [2.05, 4.69) is 153 Å². The van der Waals surface area contributed by atoms with E-state index in [-0.39, 0.29) is 0 Å². The highest BCUT2D eigenvalue weighted by atomic mass is 15.2. The minimum absolute atomic E-state index is 0.571. The van der Waals surface area contributed by atoms with Crippen molar-refractivity contribution in [1.29, 1.82) is 0 Å². The van der Waals surface area contributed by atoms with Gasteiger partial charge in [0.25, 0.3) is 0 Å². The minimum Gasteiger partial charge on any atom is -0.310 e. The highest BCUT2D eigenvalue weighted by Crippen LogP contribution is 2.38. The third-order valence-corrected chi connectivity index (χ3v) is 9.37. The molecule has 0 saturated heterocycles. The Kier molecular flexibility index (Phi) is 6.08. The molecule has 0 N–H and O–H groups in total. The summed E-state index contributed by atoms with van der Waals surface area (Å²) in [6, 6.07) is 55.6. The number of para-hydroxylation sites is 2. The number of anilines is 3. The molecule has 0 spiro atoms. The average Bonchev–Trinajstić information content (AvgIpc) is 3.80. The van der Waals surface area contributed by atoms with Gasteiger partial charge in [-0.2, -0.15) is 15.0 Å². The molecular weight excluding hydrogens is 601 g/mol. The summed E-state index contributed by atoms with van der Waals surface area (Å²) in [5.41, 5.74) is 6.26. The van der Waals surface area contributed by atoms with Crippen LogP contribution in [-0.4, -0.2) is 23.8 Å². The van der Waals surface area contributed by atoms with E-state index in [0.717, 1.165) is 66.0 Å². The van der Waals surface area contributed by atoms with E-state index in [1.54, 1.807) is 0 Å². The van der Waals surface area contributed by atoms with E-state index >= 15 is 0 Å². The second-order valence-electron chi connectivity index (χ2n) is 12.3. The van der Waals surface area contributed by atoms with E-state index in [1.165, 1.54) is 0 Å². The van der Waals surface area contributed by atoms with E-state index in [0.29, 0.717) is 17.4 Å². The molecule has 0 aliphatic carbocycles. The molecule has 230 valence electrons. The number of fused-ring (bicyclic) bond motifs is 9. The van der Waals surface area contributed by atoms with Gasteiger partial charge in [0.15, 0.2) is 5.82 Å². The molecule has 6 bridgehead atoms. The molecule has 0 radical (unpaired) electrons. The van der Waals surface area contributed by atoms with Crippen LogP contribution in [0, 0.1) is 0 Å². The molecule has 0 aliphatic heterocycles. The molecule has 0 saturated carbocycles. The SMILES string of the molecule is c1ccc(-c2nc3nc(n2)n2ccc4ccc(cc42)c2cc(N(c4ccccc4)c4ccccc4)ccc2c2ccc4ccn3c4c2)cc1. The molecule has 6 nitrogen and oxygen atoms in total. The number of aromatic nitrogens is 5. The third-order valence-electron chi connectivity index (χ3n) is 9.37. The van der Waals surface area contributed by atoms with Crippen LogP contribution in [0.15, 0.2) is 170 Å². The molecular formula is C43H28N6. The Labute approximate surface area is 281 Å². The first kappa shape index (κ1) is 27.3. The Bertz CT molecular complexity index is 2840. The van der Waals surface area contributed by atoms with Crippen molar-refractivity contribution in [2.45, 2.75) is 0 Å². The van der Waals surface area contributed by atoms with Gasteiger partial charge in [0.05, 0.1) is 11.0 Å². The second-order valence-corrected chi connectivity index (χ2v) is 12.3. The third kappa shape index (κ3) is 4.53. The first-order valence-corrected chi connectivity index (χ1v) is 16.4. The monoisotopic (exact) mass is 628 g/mol. The highest BCUT2D eigenvalue weighted by Gasteiger charge is 2.15. The number of rotatable bonds is 4.